The number of hydrogen-bond acceptors (Lipinski definition) is 4. The predicted molar refractivity (Wildman–Crippen MR) is 119 cm³/mol. The highest BCUT2D eigenvalue weighted by Gasteiger charge is 2.54. The van der Waals surface area contributed by atoms with Crippen LogP contribution >= 0.6 is 0 Å². The van der Waals surface area contributed by atoms with Crippen LogP contribution in [-0.4, -0.2) is 58.5 Å². The van der Waals surface area contributed by atoms with Crippen LogP contribution in [0, 0.1) is 17.2 Å². The van der Waals surface area contributed by atoms with E-state index >= 15 is 0 Å². The van der Waals surface area contributed by atoms with Gasteiger partial charge in [0.25, 0.3) is 0 Å². The van der Waals surface area contributed by atoms with E-state index in [1.165, 1.54) is 0 Å². The second kappa shape index (κ2) is 8.40. The minimum atomic E-state index is -0.239. The Morgan fingerprint density at radius 2 is 1.66 bits per heavy atom. The number of carbonyl (C=O) groups is 2. The molecule has 0 radical (unpaired) electrons. The van der Waals surface area contributed by atoms with Crippen molar-refractivity contribution in [2.75, 3.05) is 19.7 Å². The molecule has 2 aromatic carbocycles. The van der Waals surface area contributed by atoms with Crippen LogP contribution in [-0.2, 0) is 9.59 Å². The largest absolute Gasteiger partial charge is 0.394 e. The van der Waals surface area contributed by atoms with E-state index in [4.69, 9.17) is 5.26 Å². The quantitative estimate of drug-likeness (QED) is 0.810. The molecule has 0 bridgehead atoms. The van der Waals surface area contributed by atoms with Gasteiger partial charge >= 0.3 is 0 Å². The fourth-order valence-corrected chi connectivity index (χ4v) is 5.73. The smallest absolute Gasteiger partial charge is 0.242 e. The van der Waals surface area contributed by atoms with Crippen LogP contribution in [0.1, 0.15) is 42.7 Å². The molecular weight excluding hydrogens is 402 g/mol. The van der Waals surface area contributed by atoms with E-state index in [1.54, 1.807) is 21.9 Å². The zero-order valence-electron chi connectivity index (χ0n) is 18.0. The van der Waals surface area contributed by atoms with Gasteiger partial charge in [-0.05, 0) is 41.7 Å². The van der Waals surface area contributed by atoms with Crippen molar-refractivity contribution < 1.29 is 14.7 Å². The van der Waals surface area contributed by atoms with Crippen molar-refractivity contribution in [3.63, 3.8) is 0 Å². The van der Waals surface area contributed by atoms with Gasteiger partial charge in [0.1, 0.15) is 0 Å². The topological polar surface area (TPSA) is 84.6 Å². The molecule has 1 saturated carbocycles. The Hall–Kier alpha value is -3.17. The number of aliphatic hydroxyl groups excluding tert-OH is 1. The van der Waals surface area contributed by atoms with E-state index in [9.17, 15) is 14.7 Å². The number of aliphatic hydroxyl groups is 1. The van der Waals surface area contributed by atoms with E-state index in [-0.39, 0.29) is 48.9 Å². The van der Waals surface area contributed by atoms with Crippen LogP contribution in [0.5, 0.6) is 0 Å². The first-order valence-corrected chi connectivity index (χ1v) is 11.4. The number of rotatable bonds is 4. The van der Waals surface area contributed by atoms with E-state index < -0.39 is 0 Å². The molecular formula is C26H27N3O3. The maximum Gasteiger partial charge on any atom is 0.242 e. The van der Waals surface area contributed by atoms with Crippen molar-refractivity contribution in [3.8, 4) is 17.2 Å². The summed E-state index contributed by atoms with van der Waals surface area (Å²) in [5, 5.41) is 19.0. The lowest BCUT2D eigenvalue weighted by atomic mass is 9.73. The van der Waals surface area contributed by atoms with Crippen LogP contribution in [0.4, 0.5) is 0 Å². The summed E-state index contributed by atoms with van der Waals surface area (Å²) in [5.74, 6) is 0.140. The molecule has 32 heavy (non-hydrogen) atoms. The number of nitriles is 1. The van der Waals surface area contributed by atoms with E-state index in [0.717, 1.165) is 42.4 Å². The zero-order chi connectivity index (χ0) is 22.2. The lowest BCUT2D eigenvalue weighted by molar-refractivity contribution is -0.168. The molecule has 3 aliphatic rings. The number of carbonyl (C=O) groups excluding carboxylic acids is 2. The Kier molecular flexibility index (Phi) is 5.44. The van der Waals surface area contributed by atoms with Gasteiger partial charge in [0.2, 0.25) is 11.8 Å². The molecule has 5 rings (SSSR count). The van der Waals surface area contributed by atoms with Crippen molar-refractivity contribution in [1.82, 2.24) is 9.80 Å². The summed E-state index contributed by atoms with van der Waals surface area (Å²) in [6, 6.07) is 17.5. The van der Waals surface area contributed by atoms with Crippen molar-refractivity contribution in [2.45, 2.75) is 43.7 Å². The second-order valence-corrected chi connectivity index (χ2v) is 9.16. The van der Waals surface area contributed by atoms with Gasteiger partial charge in [-0.3, -0.25) is 9.59 Å². The molecule has 2 saturated heterocycles. The summed E-state index contributed by atoms with van der Waals surface area (Å²) in [5.41, 5.74) is 3.79. The second-order valence-electron chi connectivity index (χ2n) is 9.16. The number of hydrogen-bond donors (Lipinski definition) is 1. The third-order valence-corrected chi connectivity index (χ3v) is 7.41. The molecule has 0 unspecified atom stereocenters. The Labute approximate surface area is 188 Å². The summed E-state index contributed by atoms with van der Waals surface area (Å²) in [4.78, 5) is 29.3. The first-order valence-electron chi connectivity index (χ1n) is 11.4. The molecule has 3 fully saturated rings. The standard InChI is InChI=1S/C26H27N3O3/c27-13-17-5-7-18(8-6-17)19-9-11-20(12-10-19)25-22-14-28(26(32)21-3-1-2-4-21)15-24(31)29(22)23(25)16-30/h5-12,21-23,25,30H,1-4,14-16H2/t22-,23-,25+/m1/s1. The van der Waals surface area contributed by atoms with Gasteiger partial charge < -0.3 is 14.9 Å². The highest BCUT2D eigenvalue weighted by atomic mass is 16.3. The molecule has 1 N–H and O–H groups in total. The fourth-order valence-electron chi connectivity index (χ4n) is 5.73. The SMILES string of the molecule is N#Cc1ccc(-c2ccc([C@@H]3[C@@H](CO)N4C(=O)CN(C(=O)C5CCCC5)C[C@H]34)cc2)cc1. The molecule has 2 amide bonds. The first kappa shape index (κ1) is 20.7. The van der Waals surface area contributed by atoms with Crippen molar-refractivity contribution >= 4 is 11.8 Å². The molecule has 6 nitrogen and oxygen atoms in total. The summed E-state index contributed by atoms with van der Waals surface area (Å²) >= 11 is 0. The Balaban J connectivity index is 1.35. The molecule has 164 valence electrons. The summed E-state index contributed by atoms with van der Waals surface area (Å²) in [6.07, 6.45) is 4.04. The molecule has 6 heteroatoms. The first-order chi connectivity index (χ1) is 15.6. The minimum absolute atomic E-state index is 0.0122. The molecule has 2 aromatic rings. The number of nitrogens with zero attached hydrogens (tertiary/aromatic N) is 3. The lowest BCUT2D eigenvalue weighted by Crippen LogP contribution is -2.73. The number of amides is 2. The van der Waals surface area contributed by atoms with Gasteiger partial charge in [-0.25, -0.2) is 0 Å². The van der Waals surface area contributed by atoms with Gasteiger partial charge in [-0.15, -0.1) is 0 Å². The molecule has 0 aromatic heterocycles. The monoisotopic (exact) mass is 429 g/mol. The van der Waals surface area contributed by atoms with Gasteiger partial charge in [0.05, 0.1) is 36.9 Å². The van der Waals surface area contributed by atoms with Crippen LogP contribution in [0.15, 0.2) is 48.5 Å². The average molecular weight is 430 g/mol. The highest BCUT2D eigenvalue weighted by Crippen LogP contribution is 2.43. The predicted octanol–water partition coefficient (Wildman–Crippen LogP) is 2.91. The third-order valence-electron chi connectivity index (χ3n) is 7.41. The third kappa shape index (κ3) is 3.47. The lowest BCUT2D eigenvalue weighted by Gasteiger charge is -2.59. The van der Waals surface area contributed by atoms with Crippen LogP contribution in [0.3, 0.4) is 0 Å². The molecule has 3 atom stereocenters. The van der Waals surface area contributed by atoms with Gasteiger partial charge in [0.15, 0.2) is 0 Å². The van der Waals surface area contributed by atoms with Gasteiger partial charge in [0, 0.05) is 18.4 Å². The normalized spacial score (nSPS) is 25.2. The summed E-state index contributed by atoms with van der Waals surface area (Å²) in [6.45, 7) is 0.590. The van der Waals surface area contributed by atoms with Crippen LogP contribution in [0.25, 0.3) is 11.1 Å². The summed E-state index contributed by atoms with van der Waals surface area (Å²) < 4.78 is 0. The van der Waals surface area contributed by atoms with Crippen molar-refractivity contribution in [3.05, 3.63) is 59.7 Å². The minimum Gasteiger partial charge on any atom is -0.394 e. The fraction of sp³-hybridized carbons (Fsp3) is 0.423. The van der Waals surface area contributed by atoms with Crippen molar-refractivity contribution in [2.24, 2.45) is 5.92 Å². The van der Waals surface area contributed by atoms with Crippen molar-refractivity contribution in [1.29, 1.82) is 5.26 Å². The summed E-state index contributed by atoms with van der Waals surface area (Å²) in [7, 11) is 0. The number of piperazine rings is 1. The maximum absolute atomic E-state index is 12.9. The zero-order valence-corrected chi connectivity index (χ0v) is 18.0. The molecule has 0 spiro atoms. The van der Waals surface area contributed by atoms with E-state index in [1.807, 2.05) is 24.3 Å². The molecule has 2 aliphatic heterocycles. The number of benzene rings is 2. The maximum atomic E-state index is 12.9. The highest BCUT2D eigenvalue weighted by molar-refractivity contribution is 5.88. The Morgan fingerprint density at radius 1 is 1.03 bits per heavy atom. The van der Waals surface area contributed by atoms with Crippen LogP contribution in [0.2, 0.25) is 0 Å². The Morgan fingerprint density at radius 3 is 2.25 bits per heavy atom. The molecule has 2 heterocycles. The van der Waals surface area contributed by atoms with Crippen LogP contribution < -0.4 is 0 Å². The van der Waals surface area contributed by atoms with E-state index in [2.05, 4.69) is 18.2 Å². The molecule has 1 aliphatic carbocycles. The van der Waals surface area contributed by atoms with E-state index in [0.29, 0.717) is 12.1 Å². The Bertz CT molecular complexity index is 1050. The van der Waals surface area contributed by atoms with Gasteiger partial charge in [-0.2, -0.15) is 5.26 Å². The van der Waals surface area contributed by atoms with Gasteiger partial charge in [-0.1, -0.05) is 49.2 Å². The number of fused-ring (bicyclic) bond motifs is 1. The average Bonchev–Trinajstić information content (AvgIpc) is 3.35.